The first-order chi connectivity index (χ1) is 10.0. The lowest BCUT2D eigenvalue weighted by Gasteiger charge is -2.24. The Kier molecular flexibility index (Phi) is 8.30. The van der Waals surface area contributed by atoms with Crippen molar-refractivity contribution in [2.24, 2.45) is 17.4 Å². The van der Waals surface area contributed by atoms with Crippen LogP contribution in [0.3, 0.4) is 0 Å². The Morgan fingerprint density at radius 3 is 2.43 bits per heavy atom. The molecular formula is C15H29N3O3. The number of hydrogen-bond acceptors (Lipinski definition) is 4. The van der Waals surface area contributed by atoms with E-state index in [4.69, 9.17) is 11.5 Å². The second kappa shape index (κ2) is 9.73. The topological polar surface area (TPSA) is 118 Å². The quantitative estimate of drug-likeness (QED) is 0.506. The van der Waals surface area contributed by atoms with Gasteiger partial charge >= 0.3 is 5.97 Å². The third-order valence-corrected chi connectivity index (χ3v) is 4.26. The summed E-state index contributed by atoms with van der Waals surface area (Å²) in [4.78, 5) is 23.1. The fraction of sp³-hybridized carbons (Fsp3) is 0.867. The average molecular weight is 299 g/mol. The van der Waals surface area contributed by atoms with E-state index >= 15 is 0 Å². The fourth-order valence-corrected chi connectivity index (χ4v) is 2.88. The molecule has 0 unspecified atom stereocenters. The van der Waals surface area contributed by atoms with Gasteiger partial charge in [-0.3, -0.25) is 4.79 Å². The number of aliphatic carboxylic acids is 1. The van der Waals surface area contributed by atoms with Gasteiger partial charge in [0.1, 0.15) is 6.04 Å². The largest absolute Gasteiger partial charge is 0.480 e. The lowest BCUT2D eigenvalue weighted by Crippen LogP contribution is -2.48. The number of carbonyl (C=O) groups is 2. The highest BCUT2D eigenvalue weighted by Crippen LogP contribution is 2.27. The number of amides is 1. The molecule has 1 rings (SSSR count). The van der Waals surface area contributed by atoms with Crippen molar-refractivity contribution >= 4 is 11.9 Å². The van der Waals surface area contributed by atoms with Gasteiger partial charge in [0, 0.05) is 0 Å². The van der Waals surface area contributed by atoms with E-state index in [0.717, 1.165) is 6.42 Å². The zero-order valence-electron chi connectivity index (χ0n) is 12.7. The third kappa shape index (κ3) is 6.91. The van der Waals surface area contributed by atoms with E-state index < -0.39 is 18.1 Å². The first-order valence-electron chi connectivity index (χ1n) is 8.03. The predicted octanol–water partition coefficient (Wildman–Crippen LogP) is 0.983. The van der Waals surface area contributed by atoms with Gasteiger partial charge < -0.3 is 21.9 Å². The van der Waals surface area contributed by atoms with Crippen molar-refractivity contribution in [3.05, 3.63) is 0 Å². The summed E-state index contributed by atoms with van der Waals surface area (Å²) in [6, 6.07) is -1.51. The molecule has 6 heteroatoms. The third-order valence-electron chi connectivity index (χ3n) is 4.26. The molecule has 0 radical (unpaired) electrons. The summed E-state index contributed by atoms with van der Waals surface area (Å²) in [5, 5.41) is 11.8. The summed E-state index contributed by atoms with van der Waals surface area (Å²) in [6.45, 7) is 0.477. The Bertz CT molecular complexity index is 330. The van der Waals surface area contributed by atoms with Crippen LogP contribution in [-0.2, 0) is 9.59 Å². The van der Waals surface area contributed by atoms with Gasteiger partial charge in [0.05, 0.1) is 6.04 Å². The van der Waals surface area contributed by atoms with Crippen molar-refractivity contribution in [3.8, 4) is 0 Å². The van der Waals surface area contributed by atoms with Crippen molar-refractivity contribution in [1.82, 2.24) is 5.32 Å². The van der Waals surface area contributed by atoms with Gasteiger partial charge in [-0.15, -0.1) is 0 Å². The van der Waals surface area contributed by atoms with Gasteiger partial charge in [0.2, 0.25) is 5.91 Å². The molecule has 0 spiro atoms. The molecule has 0 aliphatic heterocycles. The lowest BCUT2D eigenvalue weighted by atomic mass is 9.85. The molecule has 1 saturated carbocycles. The van der Waals surface area contributed by atoms with Crippen LogP contribution in [0.4, 0.5) is 0 Å². The first kappa shape index (κ1) is 17.9. The Balaban J connectivity index is 2.37. The van der Waals surface area contributed by atoms with Gasteiger partial charge in [-0.1, -0.05) is 32.1 Å². The molecule has 0 bridgehead atoms. The first-order valence-corrected chi connectivity index (χ1v) is 8.03. The molecule has 0 aromatic carbocycles. The maximum atomic E-state index is 11.9. The zero-order valence-corrected chi connectivity index (χ0v) is 12.7. The van der Waals surface area contributed by atoms with E-state index in [2.05, 4.69) is 5.32 Å². The van der Waals surface area contributed by atoms with Crippen LogP contribution in [0.2, 0.25) is 0 Å². The Labute approximate surface area is 126 Å². The van der Waals surface area contributed by atoms with E-state index in [1.54, 1.807) is 0 Å². The van der Waals surface area contributed by atoms with Gasteiger partial charge in [-0.05, 0) is 38.1 Å². The molecule has 1 amide bonds. The van der Waals surface area contributed by atoms with Crippen LogP contribution in [0.5, 0.6) is 0 Å². The zero-order chi connectivity index (χ0) is 15.7. The lowest BCUT2D eigenvalue weighted by molar-refractivity contribution is -0.142. The van der Waals surface area contributed by atoms with E-state index in [0.29, 0.717) is 31.7 Å². The molecule has 0 aromatic heterocycles. The van der Waals surface area contributed by atoms with Gasteiger partial charge in [0.25, 0.3) is 0 Å². The van der Waals surface area contributed by atoms with E-state index in [9.17, 15) is 14.7 Å². The monoisotopic (exact) mass is 299 g/mol. The highest BCUT2D eigenvalue weighted by molar-refractivity contribution is 5.86. The molecule has 122 valence electrons. The van der Waals surface area contributed by atoms with Crippen molar-refractivity contribution in [1.29, 1.82) is 0 Å². The van der Waals surface area contributed by atoms with Crippen LogP contribution in [0.15, 0.2) is 0 Å². The summed E-state index contributed by atoms with van der Waals surface area (Å²) in [5.74, 6) is -0.770. The number of hydrogen-bond donors (Lipinski definition) is 4. The fourth-order valence-electron chi connectivity index (χ4n) is 2.88. The normalized spacial score (nSPS) is 19.0. The van der Waals surface area contributed by atoms with Gasteiger partial charge in [-0.25, -0.2) is 4.79 Å². The number of rotatable bonds is 9. The van der Waals surface area contributed by atoms with E-state index in [1.165, 1.54) is 32.1 Å². The Morgan fingerprint density at radius 2 is 1.86 bits per heavy atom. The maximum Gasteiger partial charge on any atom is 0.326 e. The molecule has 6 N–H and O–H groups in total. The van der Waals surface area contributed by atoms with Crippen molar-refractivity contribution in [2.75, 3.05) is 6.54 Å². The number of nitrogens with two attached hydrogens (primary N) is 2. The summed E-state index contributed by atoms with van der Waals surface area (Å²) in [5.41, 5.74) is 11.1. The summed E-state index contributed by atoms with van der Waals surface area (Å²) >= 11 is 0. The molecule has 0 saturated heterocycles. The number of carbonyl (C=O) groups excluding carboxylic acids is 1. The highest BCUT2D eigenvalue weighted by atomic mass is 16.4. The van der Waals surface area contributed by atoms with E-state index in [-0.39, 0.29) is 5.91 Å². The second-order valence-corrected chi connectivity index (χ2v) is 6.02. The Morgan fingerprint density at radius 1 is 1.19 bits per heavy atom. The van der Waals surface area contributed by atoms with Gasteiger partial charge in [-0.2, -0.15) is 0 Å². The summed E-state index contributed by atoms with van der Waals surface area (Å²) in [6.07, 6.45) is 8.59. The minimum atomic E-state index is -0.981. The Hall–Kier alpha value is -1.14. The molecule has 1 aliphatic rings. The highest BCUT2D eigenvalue weighted by Gasteiger charge is 2.24. The molecule has 1 fully saturated rings. The number of carboxylic acids is 1. The van der Waals surface area contributed by atoms with Gasteiger partial charge in [0.15, 0.2) is 0 Å². The van der Waals surface area contributed by atoms with Crippen LogP contribution >= 0.6 is 0 Å². The van der Waals surface area contributed by atoms with Crippen molar-refractivity contribution in [3.63, 3.8) is 0 Å². The molecule has 2 atom stereocenters. The van der Waals surface area contributed by atoms with Crippen molar-refractivity contribution < 1.29 is 14.7 Å². The molecule has 21 heavy (non-hydrogen) atoms. The summed E-state index contributed by atoms with van der Waals surface area (Å²) in [7, 11) is 0. The minimum Gasteiger partial charge on any atom is -0.480 e. The molecule has 1 aliphatic carbocycles. The van der Waals surface area contributed by atoms with Crippen LogP contribution in [-0.4, -0.2) is 35.6 Å². The number of nitrogens with one attached hydrogen (secondary N) is 1. The maximum absolute atomic E-state index is 11.9. The van der Waals surface area contributed by atoms with Crippen molar-refractivity contribution in [2.45, 2.75) is 69.9 Å². The predicted molar refractivity (Wildman–Crippen MR) is 81.6 cm³/mol. The van der Waals surface area contributed by atoms with Crippen LogP contribution < -0.4 is 16.8 Å². The van der Waals surface area contributed by atoms with Crippen LogP contribution in [0, 0.1) is 5.92 Å². The summed E-state index contributed by atoms with van der Waals surface area (Å²) < 4.78 is 0. The van der Waals surface area contributed by atoms with Crippen LogP contribution in [0.25, 0.3) is 0 Å². The smallest absolute Gasteiger partial charge is 0.326 e. The minimum absolute atomic E-state index is 0.389. The second-order valence-electron chi connectivity index (χ2n) is 6.02. The molecule has 0 heterocycles. The standard InChI is InChI=1S/C15H29N3O3/c16-10-4-7-12(17)14(19)18-13(15(20)21)9-8-11-5-2-1-3-6-11/h11-13H,1-10,16-17H2,(H,18,19)(H,20,21)/t12-,13+/m1/s1. The molecule has 6 nitrogen and oxygen atoms in total. The number of carboxylic acid groups (broad SMARTS) is 1. The average Bonchev–Trinajstić information content (AvgIpc) is 2.49. The SMILES string of the molecule is NCCC[C@@H](N)C(=O)N[C@@H](CCC1CCCCC1)C(=O)O. The van der Waals surface area contributed by atoms with Crippen LogP contribution in [0.1, 0.15) is 57.8 Å². The molecule has 0 aromatic rings. The molecular weight excluding hydrogens is 270 g/mol. The van der Waals surface area contributed by atoms with E-state index in [1.807, 2.05) is 0 Å².